The molecule has 0 saturated carbocycles. The minimum Gasteiger partial charge on any atom is -0.369 e. The number of nitrogens with zero attached hydrogens (tertiary/aromatic N) is 1. The van der Waals surface area contributed by atoms with Gasteiger partial charge in [-0.1, -0.05) is 0 Å². The lowest BCUT2D eigenvalue weighted by atomic mass is 10.5. The molecule has 7 heteroatoms. The molecular formula is C8H16N2O5. The first-order valence-corrected chi connectivity index (χ1v) is 4.80. The van der Waals surface area contributed by atoms with E-state index in [0.717, 1.165) is 4.90 Å². The van der Waals surface area contributed by atoms with Crippen LogP contribution in [0.3, 0.4) is 0 Å². The molecule has 7 nitrogen and oxygen atoms in total. The van der Waals surface area contributed by atoms with E-state index >= 15 is 0 Å². The molecule has 1 rings (SSSR count). The second-order valence-corrected chi connectivity index (χ2v) is 2.93. The van der Waals surface area contributed by atoms with Gasteiger partial charge in [-0.25, -0.2) is 9.69 Å². The van der Waals surface area contributed by atoms with Crippen molar-refractivity contribution in [3.8, 4) is 0 Å². The number of rotatable bonds is 5. The smallest absolute Gasteiger partial charge is 0.325 e. The summed E-state index contributed by atoms with van der Waals surface area (Å²) in [5.74, 6) is 0. The summed E-state index contributed by atoms with van der Waals surface area (Å²) in [6, 6.07) is -0.623. The van der Waals surface area contributed by atoms with E-state index in [1.807, 2.05) is 0 Å². The third-order valence-corrected chi connectivity index (χ3v) is 1.92. The molecule has 1 aliphatic rings. The molecule has 1 saturated heterocycles. The molecule has 88 valence electrons. The van der Waals surface area contributed by atoms with E-state index < -0.39 is 24.9 Å². The average molecular weight is 220 g/mol. The van der Waals surface area contributed by atoms with Crippen LogP contribution in [-0.4, -0.2) is 53.2 Å². The van der Waals surface area contributed by atoms with Crippen molar-refractivity contribution in [3.05, 3.63) is 0 Å². The van der Waals surface area contributed by atoms with Crippen LogP contribution >= 0.6 is 0 Å². The quantitative estimate of drug-likeness (QED) is 0.517. The molecule has 3 N–H and O–H groups in total. The van der Waals surface area contributed by atoms with Crippen LogP contribution in [0, 0.1) is 0 Å². The Balaban J connectivity index is 2.68. The third kappa shape index (κ3) is 2.57. The Kier molecular flexibility index (Phi) is 4.28. The van der Waals surface area contributed by atoms with Crippen molar-refractivity contribution in [2.75, 3.05) is 13.2 Å². The number of hydrogen-bond acceptors (Lipinski definition) is 5. The minimum atomic E-state index is -1.36. The first-order valence-electron chi connectivity index (χ1n) is 4.80. The van der Waals surface area contributed by atoms with Gasteiger partial charge in [0, 0.05) is 13.2 Å². The highest BCUT2D eigenvalue weighted by molar-refractivity contribution is 5.77. The first kappa shape index (κ1) is 12.2. The largest absolute Gasteiger partial charge is 0.369 e. The Morgan fingerprint density at radius 3 is 2.27 bits per heavy atom. The Labute approximate surface area is 87.6 Å². The van der Waals surface area contributed by atoms with Crippen LogP contribution in [0.5, 0.6) is 0 Å². The van der Waals surface area contributed by atoms with Crippen LogP contribution in [0.1, 0.15) is 13.8 Å². The highest BCUT2D eigenvalue weighted by Crippen LogP contribution is 2.15. The van der Waals surface area contributed by atoms with Gasteiger partial charge in [-0.3, -0.25) is 0 Å². The van der Waals surface area contributed by atoms with Gasteiger partial charge in [-0.15, -0.1) is 0 Å². The van der Waals surface area contributed by atoms with Gasteiger partial charge in [0.05, 0.1) is 0 Å². The van der Waals surface area contributed by atoms with E-state index in [-0.39, 0.29) is 0 Å². The zero-order valence-corrected chi connectivity index (χ0v) is 8.71. The molecule has 15 heavy (non-hydrogen) atoms. The van der Waals surface area contributed by atoms with Crippen molar-refractivity contribution in [2.45, 2.75) is 32.7 Å². The molecule has 1 aliphatic heterocycles. The van der Waals surface area contributed by atoms with Crippen molar-refractivity contribution in [1.82, 2.24) is 10.2 Å². The number of ether oxygens (including phenoxy) is 2. The molecule has 0 aliphatic carbocycles. The van der Waals surface area contributed by atoms with Crippen molar-refractivity contribution in [2.24, 2.45) is 0 Å². The molecule has 1 fully saturated rings. The Morgan fingerprint density at radius 2 is 1.93 bits per heavy atom. The summed E-state index contributed by atoms with van der Waals surface area (Å²) in [5.41, 5.74) is 0. The summed E-state index contributed by atoms with van der Waals surface area (Å²) < 4.78 is 10.3. The number of nitrogens with one attached hydrogen (secondary N) is 1. The van der Waals surface area contributed by atoms with E-state index in [2.05, 4.69) is 5.32 Å². The molecule has 2 amide bonds. The lowest BCUT2D eigenvalue weighted by molar-refractivity contribution is -0.235. The van der Waals surface area contributed by atoms with E-state index in [1.54, 1.807) is 13.8 Å². The SMILES string of the molecule is CCOC(OCC)N1C(=O)NC(O)C1O. The van der Waals surface area contributed by atoms with Gasteiger partial charge in [-0.05, 0) is 13.8 Å². The maximum absolute atomic E-state index is 11.3. The summed E-state index contributed by atoms with van der Waals surface area (Å²) in [6.07, 6.45) is -3.66. The molecule has 2 atom stereocenters. The molecule has 0 aromatic heterocycles. The van der Waals surface area contributed by atoms with E-state index in [9.17, 15) is 15.0 Å². The van der Waals surface area contributed by atoms with Crippen LogP contribution in [0.2, 0.25) is 0 Å². The number of hydrogen-bond donors (Lipinski definition) is 3. The number of aliphatic hydroxyl groups is 2. The fraction of sp³-hybridized carbons (Fsp3) is 0.875. The number of carbonyl (C=O) groups is 1. The number of aliphatic hydroxyl groups excluding tert-OH is 2. The van der Waals surface area contributed by atoms with Crippen molar-refractivity contribution >= 4 is 6.03 Å². The predicted octanol–water partition coefficient (Wildman–Crippen LogP) is -0.995. The van der Waals surface area contributed by atoms with Crippen LogP contribution in [0.15, 0.2) is 0 Å². The molecule has 0 aromatic rings. The summed E-state index contributed by atoms with van der Waals surface area (Å²) in [6.45, 7) is 4.14. The standard InChI is InChI=1S/C8H16N2O5/c1-3-14-8(15-4-2)10-6(12)5(11)9-7(10)13/h5-6,8,11-12H,3-4H2,1-2H3,(H,9,13). The molecule has 2 unspecified atom stereocenters. The highest BCUT2D eigenvalue weighted by Gasteiger charge is 2.42. The van der Waals surface area contributed by atoms with E-state index in [0.29, 0.717) is 13.2 Å². The van der Waals surface area contributed by atoms with Gasteiger partial charge < -0.3 is 25.0 Å². The average Bonchev–Trinajstić information content (AvgIpc) is 2.41. The normalized spacial score (nSPS) is 26.2. The summed E-state index contributed by atoms with van der Waals surface area (Å²) in [7, 11) is 0. The predicted molar refractivity (Wildman–Crippen MR) is 49.4 cm³/mol. The molecule has 0 bridgehead atoms. The number of urea groups is 1. The fourth-order valence-corrected chi connectivity index (χ4v) is 1.26. The molecular weight excluding hydrogens is 204 g/mol. The zero-order chi connectivity index (χ0) is 11.4. The van der Waals surface area contributed by atoms with Gasteiger partial charge in [0.15, 0.2) is 12.5 Å². The molecule has 0 aromatic carbocycles. The minimum absolute atomic E-state index is 0.331. The Hall–Kier alpha value is -0.890. The number of carbonyl (C=O) groups excluding carboxylic acids is 1. The van der Waals surface area contributed by atoms with Crippen molar-refractivity contribution < 1.29 is 24.5 Å². The fourth-order valence-electron chi connectivity index (χ4n) is 1.26. The van der Waals surface area contributed by atoms with Gasteiger partial charge in [0.2, 0.25) is 6.41 Å². The maximum Gasteiger partial charge on any atom is 0.325 e. The van der Waals surface area contributed by atoms with Crippen LogP contribution < -0.4 is 5.32 Å². The summed E-state index contributed by atoms with van der Waals surface area (Å²) in [4.78, 5) is 12.2. The lowest BCUT2D eigenvalue weighted by Gasteiger charge is -2.28. The summed E-state index contributed by atoms with van der Waals surface area (Å²) in [5, 5.41) is 20.8. The highest BCUT2D eigenvalue weighted by atomic mass is 16.7. The number of amides is 2. The van der Waals surface area contributed by atoms with Crippen LogP contribution in [0.4, 0.5) is 4.79 Å². The van der Waals surface area contributed by atoms with Crippen molar-refractivity contribution in [3.63, 3.8) is 0 Å². The van der Waals surface area contributed by atoms with Crippen molar-refractivity contribution in [1.29, 1.82) is 0 Å². The maximum atomic E-state index is 11.3. The van der Waals surface area contributed by atoms with Gasteiger partial charge in [0.25, 0.3) is 0 Å². The Morgan fingerprint density at radius 1 is 1.40 bits per heavy atom. The van der Waals surface area contributed by atoms with E-state index in [4.69, 9.17) is 9.47 Å². The van der Waals surface area contributed by atoms with Gasteiger partial charge >= 0.3 is 6.03 Å². The third-order valence-electron chi connectivity index (χ3n) is 1.92. The monoisotopic (exact) mass is 220 g/mol. The second kappa shape index (κ2) is 5.26. The first-order chi connectivity index (χ1) is 7.11. The zero-order valence-electron chi connectivity index (χ0n) is 8.71. The summed E-state index contributed by atoms with van der Waals surface area (Å²) >= 11 is 0. The van der Waals surface area contributed by atoms with Crippen LogP contribution in [-0.2, 0) is 9.47 Å². The molecule has 0 spiro atoms. The van der Waals surface area contributed by atoms with E-state index in [1.165, 1.54) is 0 Å². The topological polar surface area (TPSA) is 91.3 Å². The van der Waals surface area contributed by atoms with Gasteiger partial charge in [0.1, 0.15) is 0 Å². The van der Waals surface area contributed by atoms with Crippen LogP contribution in [0.25, 0.3) is 0 Å². The lowest BCUT2D eigenvalue weighted by Crippen LogP contribution is -2.46. The second-order valence-electron chi connectivity index (χ2n) is 2.93. The molecule has 1 heterocycles. The Bertz CT molecular complexity index is 219. The van der Waals surface area contributed by atoms with Gasteiger partial charge in [-0.2, -0.15) is 0 Å². The molecule has 0 radical (unpaired) electrons.